The highest BCUT2D eigenvalue weighted by molar-refractivity contribution is 6.29. The predicted molar refractivity (Wildman–Crippen MR) is 79.8 cm³/mol. The topological polar surface area (TPSA) is 38.9 Å². The molecule has 4 heteroatoms. The van der Waals surface area contributed by atoms with Crippen LogP contribution in [-0.4, -0.2) is 9.97 Å². The molecule has 4 rings (SSSR count). The van der Waals surface area contributed by atoms with Crippen molar-refractivity contribution in [1.29, 1.82) is 0 Å². The summed E-state index contributed by atoms with van der Waals surface area (Å²) in [5.41, 5.74) is 0.856. The third-order valence-corrected chi connectivity index (χ3v) is 3.12. The Kier molecular flexibility index (Phi) is 1.60. The van der Waals surface area contributed by atoms with Gasteiger partial charge in [-0.15, -0.1) is 0 Å². The lowest BCUT2D eigenvalue weighted by Gasteiger charge is -2.02. The van der Waals surface area contributed by atoms with E-state index >= 15 is 0 Å². The van der Waals surface area contributed by atoms with Crippen molar-refractivity contribution in [2.45, 2.75) is 0 Å². The van der Waals surface area contributed by atoms with E-state index < -0.39 is 18.1 Å². The number of para-hydroxylation sites is 1. The maximum atomic E-state index is 8.17. The summed E-state index contributed by atoms with van der Waals surface area (Å²) in [5.74, 6) is 0. The molecule has 0 fully saturated rings. The largest absolute Gasteiger partial charge is 0.438 e. The monoisotopic (exact) mass is 285 g/mol. The van der Waals surface area contributed by atoms with Gasteiger partial charge in [0.05, 0.1) is 17.9 Å². The molecule has 3 nitrogen and oxygen atoms in total. The van der Waals surface area contributed by atoms with E-state index in [1.165, 1.54) is 0 Å². The number of fused-ring (bicyclic) bond motifs is 3. The molecule has 0 atom stereocenters. The first-order valence-electron chi connectivity index (χ1n) is 8.32. The molecule has 2 heterocycles. The van der Waals surface area contributed by atoms with E-state index in [4.69, 9.17) is 22.9 Å². The molecule has 20 heavy (non-hydrogen) atoms. The lowest BCUT2D eigenvalue weighted by molar-refractivity contribution is 0.653. The van der Waals surface area contributed by atoms with Crippen LogP contribution in [0.5, 0.6) is 0 Å². The van der Waals surface area contributed by atoms with Crippen LogP contribution in [0.25, 0.3) is 33.3 Å². The fourth-order valence-electron chi connectivity index (χ4n) is 2.15. The van der Waals surface area contributed by atoms with Gasteiger partial charge < -0.3 is 4.42 Å². The normalized spacial score (nSPS) is 14.8. The van der Waals surface area contributed by atoms with Crippen molar-refractivity contribution in [3.05, 3.63) is 59.8 Å². The number of benzene rings is 2. The number of furan rings is 1. The molecule has 4 aromatic rings. The van der Waals surface area contributed by atoms with Crippen LogP contribution < -0.4 is 0 Å². The number of halogens is 1. The summed E-state index contributed by atoms with van der Waals surface area (Å²) in [5, 5.41) is 1.00. The zero-order chi connectivity index (χ0) is 17.9. The summed E-state index contributed by atoms with van der Waals surface area (Å²) in [4.78, 5) is 8.21. The van der Waals surface area contributed by atoms with Gasteiger partial charge in [-0.25, -0.2) is 4.98 Å². The second-order valence-electron chi connectivity index (χ2n) is 4.12. The number of hydrogen-bond acceptors (Lipinski definition) is 3. The van der Waals surface area contributed by atoms with E-state index in [-0.39, 0.29) is 34.3 Å². The first kappa shape index (κ1) is 7.41. The van der Waals surface area contributed by atoms with Gasteiger partial charge in [0.15, 0.2) is 0 Å². The summed E-state index contributed by atoms with van der Waals surface area (Å²) in [6.07, 6.45) is 0. The minimum atomic E-state index is -0.466. The van der Waals surface area contributed by atoms with Crippen LogP contribution in [-0.2, 0) is 0 Å². The molecule has 0 unspecified atom stereocenters. The maximum Gasteiger partial charge on any atom is 0.232 e. The molecule has 2 aromatic carbocycles. The minimum absolute atomic E-state index is 0.0353. The SMILES string of the molecule is [2H]c1c([2H])c([2H])c(-c2nc(Cl)nc3oc4ccccc4c23)c([2H])c1[2H]. The Morgan fingerprint density at radius 1 is 1.05 bits per heavy atom. The zero-order valence-electron chi connectivity index (χ0n) is 15.0. The van der Waals surface area contributed by atoms with Crippen molar-refractivity contribution in [3.8, 4) is 11.3 Å². The van der Waals surface area contributed by atoms with Gasteiger partial charge in [0.1, 0.15) is 5.58 Å². The molecule has 0 aliphatic rings. The molecule has 0 N–H and O–H groups in total. The van der Waals surface area contributed by atoms with Crippen LogP contribution in [0.3, 0.4) is 0 Å². The van der Waals surface area contributed by atoms with Gasteiger partial charge in [-0.2, -0.15) is 4.98 Å². The molecule has 0 saturated carbocycles. The Morgan fingerprint density at radius 2 is 1.85 bits per heavy atom. The van der Waals surface area contributed by atoms with Crippen molar-refractivity contribution < 1.29 is 11.3 Å². The summed E-state index contributed by atoms with van der Waals surface area (Å²) >= 11 is 5.98. The summed E-state index contributed by atoms with van der Waals surface area (Å²) in [7, 11) is 0. The highest BCUT2D eigenvalue weighted by Crippen LogP contribution is 2.34. The number of rotatable bonds is 1. The summed E-state index contributed by atoms with van der Waals surface area (Å²) in [6.45, 7) is 0. The molecule has 0 aliphatic carbocycles. The smallest absolute Gasteiger partial charge is 0.232 e. The van der Waals surface area contributed by atoms with E-state index in [0.29, 0.717) is 16.4 Å². The zero-order valence-corrected chi connectivity index (χ0v) is 10.7. The third kappa shape index (κ3) is 1.67. The third-order valence-electron chi connectivity index (χ3n) is 2.95. The first-order valence-corrected chi connectivity index (χ1v) is 6.20. The van der Waals surface area contributed by atoms with Gasteiger partial charge in [0.25, 0.3) is 0 Å². The van der Waals surface area contributed by atoms with Gasteiger partial charge in [0.2, 0.25) is 11.0 Å². The van der Waals surface area contributed by atoms with E-state index in [0.717, 1.165) is 0 Å². The minimum Gasteiger partial charge on any atom is -0.438 e. The van der Waals surface area contributed by atoms with Crippen molar-refractivity contribution >= 4 is 33.7 Å². The first-order chi connectivity index (χ1) is 11.9. The highest BCUT2D eigenvalue weighted by atomic mass is 35.5. The Morgan fingerprint density at radius 3 is 2.70 bits per heavy atom. The standard InChI is InChI=1S/C16H9ClN2O/c17-16-18-14(10-6-2-1-3-7-10)13-11-8-4-5-9-12(11)20-15(13)19-16/h1-9H/i1D,2D,3D,6D,7D. The lowest BCUT2D eigenvalue weighted by Crippen LogP contribution is -1.88. The molecule has 2 aromatic heterocycles. The Balaban J connectivity index is 2.23. The van der Waals surface area contributed by atoms with Crippen LogP contribution >= 0.6 is 11.6 Å². The fourth-order valence-corrected chi connectivity index (χ4v) is 2.31. The van der Waals surface area contributed by atoms with E-state index in [9.17, 15) is 0 Å². The second-order valence-corrected chi connectivity index (χ2v) is 4.46. The van der Waals surface area contributed by atoms with Crippen LogP contribution in [0.4, 0.5) is 0 Å². The van der Waals surface area contributed by atoms with Gasteiger partial charge in [-0.05, 0) is 17.7 Å². The summed E-state index contributed by atoms with van der Waals surface area (Å²) in [6, 6.07) is 5.08. The van der Waals surface area contributed by atoms with Crippen molar-refractivity contribution in [1.82, 2.24) is 9.97 Å². The Hall–Kier alpha value is -2.39. The van der Waals surface area contributed by atoms with Crippen LogP contribution in [0, 0.1) is 0 Å². The van der Waals surface area contributed by atoms with Crippen molar-refractivity contribution in [3.63, 3.8) is 0 Å². The lowest BCUT2D eigenvalue weighted by atomic mass is 10.1. The highest BCUT2D eigenvalue weighted by Gasteiger charge is 2.15. The Bertz CT molecular complexity index is 1150. The van der Waals surface area contributed by atoms with E-state index in [2.05, 4.69) is 9.97 Å². The molecule has 0 bridgehead atoms. The van der Waals surface area contributed by atoms with Gasteiger partial charge in [0, 0.05) is 10.9 Å². The van der Waals surface area contributed by atoms with Crippen LogP contribution in [0.2, 0.25) is 5.28 Å². The van der Waals surface area contributed by atoms with E-state index in [1.807, 2.05) is 0 Å². The van der Waals surface area contributed by atoms with Crippen molar-refractivity contribution in [2.75, 3.05) is 0 Å². The molecular formula is C16H9ClN2O. The maximum absolute atomic E-state index is 8.17. The molecule has 96 valence electrons. The quantitative estimate of drug-likeness (QED) is 0.476. The van der Waals surface area contributed by atoms with Crippen LogP contribution in [0.1, 0.15) is 6.85 Å². The predicted octanol–water partition coefficient (Wildman–Crippen LogP) is 4.70. The molecule has 0 radical (unpaired) electrons. The number of hydrogen-bond donors (Lipinski definition) is 0. The number of aromatic nitrogens is 2. The molecule has 0 spiro atoms. The van der Waals surface area contributed by atoms with Gasteiger partial charge in [-0.3, -0.25) is 0 Å². The summed E-state index contributed by atoms with van der Waals surface area (Å²) < 4.78 is 45.5. The van der Waals surface area contributed by atoms with E-state index in [1.54, 1.807) is 24.3 Å². The van der Waals surface area contributed by atoms with Gasteiger partial charge >= 0.3 is 0 Å². The molecular weight excluding hydrogens is 272 g/mol. The molecule has 0 aliphatic heterocycles. The fraction of sp³-hybridized carbons (Fsp3) is 0. The van der Waals surface area contributed by atoms with Crippen LogP contribution in [0.15, 0.2) is 58.9 Å². The van der Waals surface area contributed by atoms with Crippen molar-refractivity contribution in [2.24, 2.45) is 0 Å². The molecule has 0 saturated heterocycles. The number of nitrogens with zero attached hydrogens (tertiary/aromatic N) is 2. The average molecular weight is 286 g/mol. The second kappa shape index (κ2) is 4.32. The molecule has 0 amide bonds. The Labute approximate surface area is 126 Å². The van der Waals surface area contributed by atoms with Gasteiger partial charge in [-0.1, -0.05) is 48.4 Å². The average Bonchev–Trinajstić information content (AvgIpc) is 2.96.